The fraction of sp³-hybridized carbons (Fsp3) is 0.531. The van der Waals surface area contributed by atoms with E-state index in [9.17, 15) is 55.5 Å². The molecule has 0 spiro atoms. The number of alkyl halides is 3. The summed E-state index contributed by atoms with van der Waals surface area (Å²) in [4.78, 5) is 81.1. The molecule has 0 radical (unpaired) electrons. The van der Waals surface area contributed by atoms with Crippen LogP contribution in [0.2, 0.25) is 5.02 Å². The van der Waals surface area contributed by atoms with Gasteiger partial charge in [-0.1, -0.05) is 32.4 Å². The number of thiazole rings is 1. The van der Waals surface area contributed by atoms with E-state index in [1.807, 2.05) is 0 Å². The van der Waals surface area contributed by atoms with E-state index < -0.39 is 116 Å². The molecule has 22 heteroatoms. The van der Waals surface area contributed by atoms with Gasteiger partial charge in [0.25, 0.3) is 0 Å². The Bertz CT molecular complexity index is 1820. The van der Waals surface area contributed by atoms with Gasteiger partial charge in [-0.2, -0.15) is 17.9 Å². The topological polar surface area (TPSA) is 247 Å². The van der Waals surface area contributed by atoms with Gasteiger partial charge in [-0.15, -0.1) is 11.3 Å². The first-order chi connectivity index (χ1) is 25.0. The van der Waals surface area contributed by atoms with Gasteiger partial charge in [0.15, 0.2) is 0 Å². The van der Waals surface area contributed by atoms with Gasteiger partial charge in [0.1, 0.15) is 18.1 Å². The standard InChI is InChI=1S/C32H41ClF3N7O9S2/c1-31(2,3)27(29(48)43-11-4-5-17(43)13-23(37)44)41-28(47)22(15-26-38-10-12-53-26)40-25(46)16-39-24(45)9-8-21(30(49)50)42-54(51,52)18-6-7-20(33)19(14-18)32(34,35)36/h6-7,10,12,14,17,21-22,27,42H,4-5,8-9,11,13,15-16H2,1-3H3,(H2,37,44)(H,39,45)(H,40,46)(H,41,47)(H,49,50)/t17-,21-,22-,27+/m0/s1. The zero-order chi connectivity index (χ0) is 40.6. The number of carboxylic acids is 1. The minimum absolute atomic E-state index is 0.0346. The number of aliphatic carboxylic acids is 1. The van der Waals surface area contributed by atoms with E-state index in [0.717, 1.165) is 6.07 Å². The van der Waals surface area contributed by atoms with Crippen LogP contribution in [0.4, 0.5) is 13.2 Å². The van der Waals surface area contributed by atoms with Gasteiger partial charge < -0.3 is 31.7 Å². The number of likely N-dealkylation sites (tertiary alicyclic amines) is 1. The Hall–Kier alpha value is -4.34. The number of hydrogen-bond donors (Lipinski definition) is 6. The van der Waals surface area contributed by atoms with Crippen molar-refractivity contribution in [1.29, 1.82) is 0 Å². The summed E-state index contributed by atoms with van der Waals surface area (Å²) in [5.74, 6) is -5.20. The number of amides is 5. The summed E-state index contributed by atoms with van der Waals surface area (Å²) < 4.78 is 67.0. The van der Waals surface area contributed by atoms with Crippen molar-refractivity contribution in [2.75, 3.05) is 13.1 Å². The van der Waals surface area contributed by atoms with Crippen LogP contribution >= 0.6 is 22.9 Å². The van der Waals surface area contributed by atoms with Crippen molar-refractivity contribution < 1.29 is 55.5 Å². The van der Waals surface area contributed by atoms with E-state index >= 15 is 0 Å². The number of nitrogens with two attached hydrogens (primary N) is 1. The second-order valence-electron chi connectivity index (χ2n) is 13.5. The first-order valence-corrected chi connectivity index (χ1v) is 19.2. The van der Waals surface area contributed by atoms with Crippen LogP contribution in [0.25, 0.3) is 0 Å². The summed E-state index contributed by atoms with van der Waals surface area (Å²) >= 11 is 6.74. The highest BCUT2D eigenvalue weighted by molar-refractivity contribution is 7.89. The van der Waals surface area contributed by atoms with Crippen molar-refractivity contribution in [2.24, 2.45) is 11.1 Å². The third-order valence-corrected chi connectivity index (χ3v) is 10.9. The lowest BCUT2D eigenvalue weighted by molar-refractivity contribution is -0.141. The van der Waals surface area contributed by atoms with Gasteiger partial charge in [-0.05, 0) is 42.9 Å². The smallest absolute Gasteiger partial charge is 0.417 e. The van der Waals surface area contributed by atoms with Crippen LogP contribution in [0.5, 0.6) is 0 Å². The zero-order valence-corrected chi connectivity index (χ0v) is 31.8. The highest BCUT2D eigenvalue weighted by Gasteiger charge is 2.41. The summed E-state index contributed by atoms with van der Waals surface area (Å²) in [6.07, 6.45) is -3.70. The number of benzene rings is 1. The Morgan fingerprint density at radius 2 is 1.78 bits per heavy atom. The maximum absolute atomic E-state index is 13.7. The van der Waals surface area contributed by atoms with Crippen LogP contribution in [-0.4, -0.2) is 96.2 Å². The molecule has 5 amide bonds. The molecule has 0 saturated carbocycles. The van der Waals surface area contributed by atoms with Crippen LogP contribution in [0.15, 0.2) is 34.7 Å². The summed E-state index contributed by atoms with van der Waals surface area (Å²) in [6, 6.07) is -3.02. The lowest BCUT2D eigenvalue weighted by Crippen LogP contribution is -2.60. The van der Waals surface area contributed by atoms with Crippen molar-refractivity contribution >= 4 is 68.5 Å². The molecule has 1 saturated heterocycles. The Morgan fingerprint density at radius 1 is 1.09 bits per heavy atom. The van der Waals surface area contributed by atoms with E-state index in [0.29, 0.717) is 30.5 Å². The fourth-order valence-electron chi connectivity index (χ4n) is 5.53. The molecule has 7 N–H and O–H groups in total. The number of sulfonamides is 1. The average molecular weight is 824 g/mol. The second-order valence-corrected chi connectivity index (χ2v) is 16.6. The average Bonchev–Trinajstić information content (AvgIpc) is 3.74. The van der Waals surface area contributed by atoms with E-state index in [-0.39, 0.29) is 18.9 Å². The molecule has 1 aliphatic rings. The van der Waals surface area contributed by atoms with Crippen LogP contribution in [0, 0.1) is 5.41 Å². The normalized spacial score (nSPS) is 16.6. The number of carbonyl (C=O) groups excluding carboxylic acids is 5. The molecule has 1 aromatic heterocycles. The van der Waals surface area contributed by atoms with Gasteiger partial charge in [-0.25, -0.2) is 13.4 Å². The fourth-order valence-corrected chi connectivity index (χ4v) is 7.67. The lowest BCUT2D eigenvalue weighted by Gasteiger charge is -2.36. The van der Waals surface area contributed by atoms with Gasteiger partial charge >= 0.3 is 12.1 Å². The Balaban J connectivity index is 1.65. The Morgan fingerprint density at radius 3 is 2.35 bits per heavy atom. The van der Waals surface area contributed by atoms with Crippen LogP contribution in [-0.2, 0) is 51.4 Å². The van der Waals surface area contributed by atoms with Gasteiger partial charge in [-0.3, -0.25) is 28.8 Å². The van der Waals surface area contributed by atoms with Crippen LogP contribution in [0.1, 0.15) is 63.4 Å². The Labute approximate surface area is 317 Å². The SMILES string of the molecule is CC(C)(C)[C@H](NC(=O)[C@H](Cc1nccs1)NC(=O)CNC(=O)CC[C@H](NS(=O)(=O)c1ccc(Cl)c(C(F)(F)F)c1)C(=O)O)C(=O)N1CCC[C@H]1CC(N)=O. The van der Waals surface area contributed by atoms with E-state index in [4.69, 9.17) is 17.3 Å². The molecule has 16 nitrogen and oxygen atoms in total. The van der Waals surface area contributed by atoms with Gasteiger partial charge in [0.05, 0.1) is 27.0 Å². The molecule has 1 aromatic carbocycles. The predicted octanol–water partition coefficient (Wildman–Crippen LogP) is 1.57. The van der Waals surface area contributed by atoms with Crippen LogP contribution < -0.4 is 26.4 Å². The number of primary amides is 1. The number of rotatable bonds is 17. The number of nitrogens with one attached hydrogen (secondary N) is 4. The van der Waals surface area contributed by atoms with Crippen molar-refractivity contribution in [3.8, 4) is 0 Å². The quantitative estimate of drug-likeness (QED) is 0.134. The lowest BCUT2D eigenvalue weighted by atomic mass is 9.85. The molecular formula is C32H41ClF3N7O9S2. The van der Waals surface area contributed by atoms with Crippen molar-refractivity contribution in [1.82, 2.24) is 30.6 Å². The third-order valence-electron chi connectivity index (χ3n) is 8.27. The molecule has 0 bridgehead atoms. The summed E-state index contributed by atoms with van der Waals surface area (Å²) in [6.45, 7) is 4.88. The highest BCUT2D eigenvalue weighted by Crippen LogP contribution is 2.36. The number of halogens is 4. The number of carbonyl (C=O) groups is 6. The van der Waals surface area contributed by atoms with Crippen LogP contribution in [0.3, 0.4) is 0 Å². The van der Waals surface area contributed by atoms with Gasteiger partial charge in [0.2, 0.25) is 39.6 Å². The molecule has 2 heterocycles. The maximum Gasteiger partial charge on any atom is 0.417 e. The highest BCUT2D eigenvalue weighted by atomic mass is 35.5. The molecule has 2 aromatic rings. The number of aromatic nitrogens is 1. The van der Waals surface area contributed by atoms with Gasteiger partial charge in [0, 0.05) is 43.4 Å². The summed E-state index contributed by atoms with van der Waals surface area (Å²) in [7, 11) is -4.83. The summed E-state index contributed by atoms with van der Waals surface area (Å²) in [5, 5.41) is 18.4. The third kappa shape index (κ3) is 12.6. The van der Waals surface area contributed by atoms with Crippen molar-refractivity contribution in [3.63, 3.8) is 0 Å². The predicted molar refractivity (Wildman–Crippen MR) is 188 cm³/mol. The van der Waals surface area contributed by atoms with E-state index in [2.05, 4.69) is 20.9 Å². The zero-order valence-electron chi connectivity index (χ0n) is 29.4. The monoisotopic (exact) mass is 823 g/mol. The minimum Gasteiger partial charge on any atom is -0.480 e. The molecule has 1 fully saturated rings. The maximum atomic E-state index is 13.7. The van der Waals surface area contributed by atoms with Crippen molar-refractivity contribution in [3.05, 3.63) is 45.4 Å². The molecule has 0 unspecified atom stereocenters. The second kappa shape index (κ2) is 18.3. The molecular weight excluding hydrogens is 783 g/mol. The largest absolute Gasteiger partial charge is 0.480 e. The molecule has 0 aliphatic carbocycles. The molecule has 54 heavy (non-hydrogen) atoms. The minimum atomic E-state index is -5.00. The first-order valence-electron chi connectivity index (χ1n) is 16.4. The molecule has 4 atom stereocenters. The van der Waals surface area contributed by atoms with E-state index in [1.165, 1.54) is 22.4 Å². The molecule has 3 rings (SSSR count). The van der Waals surface area contributed by atoms with Crippen molar-refractivity contribution in [2.45, 2.75) is 94.5 Å². The number of nitrogens with zero attached hydrogens (tertiary/aromatic N) is 2. The van der Waals surface area contributed by atoms with E-state index in [1.54, 1.807) is 30.9 Å². The Kier molecular flexibility index (Phi) is 15.0. The molecule has 298 valence electrons. The first kappa shape index (κ1) is 44.1. The summed E-state index contributed by atoms with van der Waals surface area (Å²) in [5.41, 5.74) is 3.11. The number of carboxylic acid groups (broad SMARTS) is 1. The molecule has 1 aliphatic heterocycles. The number of hydrogen-bond acceptors (Lipinski definition) is 10.